The van der Waals surface area contributed by atoms with Crippen molar-refractivity contribution in [3.05, 3.63) is 0 Å². The number of methoxy groups -OCH3 is 1. The molecule has 0 bridgehead atoms. The van der Waals surface area contributed by atoms with Gasteiger partial charge < -0.3 is 50.0 Å². The molecule has 3 rings (SSSR count). The number of aliphatic hydroxyl groups excluding tert-OH is 3. The van der Waals surface area contributed by atoms with Crippen LogP contribution in [-0.2, 0) is 62.5 Å². The highest BCUT2D eigenvalue weighted by Gasteiger charge is 2.51. The minimum Gasteiger partial charge on any atom is -0.481 e. The molecule has 2 amide bonds. The van der Waals surface area contributed by atoms with Gasteiger partial charge in [-0.05, 0) is 0 Å². The number of ether oxygens (including phenoxy) is 4. The van der Waals surface area contributed by atoms with Crippen LogP contribution in [0.4, 0.5) is 0 Å². The fraction of sp³-hybridized carbons (Fsp3) is 0.870. The minimum atomic E-state index is -5.00. The van der Waals surface area contributed by atoms with Crippen LogP contribution in [-0.4, -0.2) is 170 Å². The van der Waals surface area contributed by atoms with Crippen LogP contribution in [0.5, 0.6) is 0 Å². The first-order valence-electron chi connectivity index (χ1n) is 14.0. The molecule has 24 heteroatoms. The highest BCUT2D eigenvalue weighted by molar-refractivity contribution is 7.81. The fourth-order valence-corrected chi connectivity index (χ4v) is 6.32. The van der Waals surface area contributed by atoms with Gasteiger partial charge in [-0.25, -0.2) is 8.37 Å². The van der Waals surface area contributed by atoms with Crippen molar-refractivity contribution in [3.8, 4) is 0 Å². The van der Waals surface area contributed by atoms with Crippen LogP contribution in [0, 0.1) is 11.8 Å². The van der Waals surface area contributed by atoms with Gasteiger partial charge in [-0.15, -0.1) is 0 Å². The molecular formula is C23H39N3O19S2. The Morgan fingerprint density at radius 3 is 1.81 bits per heavy atom. The Morgan fingerprint density at radius 1 is 0.809 bits per heavy atom. The number of carboxylic acids is 1. The highest BCUT2D eigenvalue weighted by Crippen LogP contribution is 2.32. The summed E-state index contributed by atoms with van der Waals surface area (Å²) in [7, 11) is -8.76. The number of hydrogen-bond acceptors (Lipinski definition) is 17. The third-order valence-corrected chi connectivity index (χ3v) is 8.63. The van der Waals surface area contributed by atoms with E-state index in [0.29, 0.717) is 0 Å². The van der Waals surface area contributed by atoms with Crippen LogP contribution >= 0.6 is 0 Å². The molecule has 0 aromatic rings. The van der Waals surface area contributed by atoms with Gasteiger partial charge in [0, 0.05) is 46.5 Å². The van der Waals surface area contributed by atoms with E-state index in [9.17, 15) is 51.6 Å². The first-order valence-corrected chi connectivity index (χ1v) is 16.7. The third-order valence-electron chi connectivity index (χ3n) is 7.76. The summed E-state index contributed by atoms with van der Waals surface area (Å²) in [6.45, 7) is -0.239. The average molecular weight is 726 g/mol. The lowest BCUT2D eigenvalue weighted by atomic mass is 9.87. The van der Waals surface area contributed by atoms with E-state index in [-0.39, 0.29) is 19.6 Å². The molecule has 3 aliphatic heterocycles. The molecule has 0 saturated carbocycles. The second-order valence-electron chi connectivity index (χ2n) is 11.2. The normalized spacial score (nSPS) is 36.9. The lowest BCUT2D eigenvalue weighted by Crippen LogP contribution is -2.65. The van der Waals surface area contributed by atoms with E-state index in [1.165, 1.54) is 18.9 Å². The van der Waals surface area contributed by atoms with Gasteiger partial charge in [0.05, 0.1) is 37.4 Å². The van der Waals surface area contributed by atoms with Gasteiger partial charge in [-0.2, -0.15) is 16.8 Å². The van der Waals surface area contributed by atoms with Crippen LogP contribution in [0.1, 0.15) is 13.8 Å². The Balaban J connectivity index is 1.85. The summed E-state index contributed by atoms with van der Waals surface area (Å²) in [4.78, 5) is 37.4. The van der Waals surface area contributed by atoms with Crippen LogP contribution in [0.25, 0.3) is 0 Å². The van der Waals surface area contributed by atoms with Crippen molar-refractivity contribution in [2.45, 2.75) is 75.1 Å². The van der Waals surface area contributed by atoms with E-state index < -0.39 is 125 Å². The number of nitrogens with one attached hydrogen (secondary N) is 2. The van der Waals surface area contributed by atoms with E-state index in [0.717, 1.165) is 6.92 Å². The van der Waals surface area contributed by atoms with Crippen molar-refractivity contribution in [2.24, 2.45) is 11.8 Å². The number of nitrogens with zero attached hydrogens (tertiary/aromatic N) is 1. The van der Waals surface area contributed by atoms with Crippen LogP contribution in [0.2, 0.25) is 0 Å². The van der Waals surface area contributed by atoms with Crippen molar-refractivity contribution in [1.82, 2.24) is 15.5 Å². The predicted octanol–water partition coefficient (Wildman–Crippen LogP) is -5.17. The summed E-state index contributed by atoms with van der Waals surface area (Å²) >= 11 is 0. The number of carbonyl (C=O) groups is 3. The smallest absolute Gasteiger partial charge is 0.397 e. The maximum absolute atomic E-state index is 12.3. The molecule has 0 aromatic heterocycles. The second-order valence-corrected chi connectivity index (χ2v) is 13.4. The highest BCUT2D eigenvalue weighted by atomic mass is 32.3. The molecule has 0 spiro atoms. The van der Waals surface area contributed by atoms with E-state index >= 15 is 0 Å². The van der Waals surface area contributed by atoms with Gasteiger partial charge in [-0.3, -0.25) is 28.4 Å². The van der Waals surface area contributed by atoms with E-state index in [2.05, 4.69) is 19.0 Å². The van der Waals surface area contributed by atoms with Crippen molar-refractivity contribution in [1.29, 1.82) is 0 Å². The molecule has 272 valence electrons. The third kappa shape index (κ3) is 10.9. The molecule has 22 nitrogen and oxygen atoms in total. The van der Waals surface area contributed by atoms with Gasteiger partial charge >= 0.3 is 26.8 Å². The van der Waals surface area contributed by atoms with E-state index in [4.69, 9.17) is 28.1 Å². The van der Waals surface area contributed by atoms with Crippen molar-refractivity contribution in [3.63, 3.8) is 0 Å². The predicted molar refractivity (Wildman–Crippen MR) is 148 cm³/mol. The van der Waals surface area contributed by atoms with Gasteiger partial charge in [0.15, 0.2) is 12.6 Å². The maximum Gasteiger partial charge on any atom is 0.397 e. The number of rotatable bonds is 14. The van der Waals surface area contributed by atoms with Gasteiger partial charge in [0.2, 0.25) is 11.8 Å². The second kappa shape index (κ2) is 16.0. The van der Waals surface area contributed by atoms with Gasteiger partial charge in [0.1, 0.15) is 30.4 Å². The quantitative estimate of drug-likeness (QED) is 0.0776. The van der Waals surface area contributed by atoms with E-state index in [1.807, 2.05) is 0 Å². The van der Waals surface area contributed by atoms with Crippen molar-refractivity contribution >= 4 is 38.6 Å². The first-order chi connectivity index (χ1) is 21.7. The molecule has 0 unspecified atom stereocenters. The zero-order valence-electron chi connectivity index (χ0n) is 25.2. The number of likely N-dealkylation sites (tertiary alicyclic amines) is 1. The zero-order chi connectivity index (χ0) is 35.4. The number of aliphatic hydroxyl groups is 3. The monoisotopic (exact) mass is 725 g/mol. The molecule has 0 aromatic carbocycles. The molecule has 8 N–H and O–H groups in total. The largest absolute Gasteiger partial charge is 0.481 e. The molecule has 47 heavy (non-hydrogen) atoms. The lowest BCUT2D eigenvalue weighted by Gasteiger charge is -2.45. The summed E-state index contributed by atoms with van der Waals surface area (Å²) in [5.41, 5.74) is 0. The van der Waals surface area contributed by atoms with Crippen LogP contribution < -0.4 is 10.6 Å². The number of carbonyl (C=O) groups excluding carboxylic acids is 2. The summed E-state index contributed by atoms with van der Waals surface area (Å²) in [5.74, 6) is -5.05. The Labute approximate surface area is 269 Å². The molecule has 3 saturated heterocycles. The van der Waals surface area contributed by atoms with Crippen molar-refractivity contribution in [2.75, 3.05) is 40.0 Å². The molecule has 0 radical (unpaired) electrons. The molecule has 3 fully saturated rings. The Bertz CT molecular complexity index is 1330. The van der Waals surface area contributed by atoms with Crippen LogP contribution in [0.15, 0.2) is 0 Å². The minimum absolute atomic E-state index is 0.219. The molecule has 0 aliphatic carbocycles. The Morgan fingerprint density at radius 2 is 1.32 bits per heavy atom. The first kappa shape index (κ1) is 39.3. The van der Waals surface area contributed by atoms with Crippen molar-refractivity contribution < 1.29 is 88.1 Å². The topological polar surface area (TPSA) is 324 Å². The number of carboxylic acid groups (broad SMARTS) is 1. The molecule has 3 heterocycles. The maximum atomic E-state index is 12.3. The SMILES string of the molecule is CO[C@H]1O[C@H](COS(=O)(=O)O)[C@@H](CN2C[C@H](O[C@H]3O[C@H](COS(=O)(=O)O)[C@@H](O)[C@H](O)[C@H]3NC(C)=O)[C@@H](C(=O)O)C2)[C@H](O)[C@H]1NC(C)=O. The van der Waals surface area contributed by atoms with E-state index in [1.54, 1.807) is 0 Å². The van der Waals surface area contributed by atoms with Crippen LogP contribution in [0.3, 0.4) is 0 Å². The standard InChI is InChI=1S/C23H39N3O19S2/c1-9(27)24-16-18(29)11(14(44-22(16)40-3)7-41-46(34,35)36)4-26-5-12(21(32)33)13(6-26)43-23-17(25-10(2)28)20(31)19(30)15(45-23)8-42-47(37,38)39/h11-20,22-23,29-31H,4-8H2,1-3H3,(H,24,27)(H,25,28)(H,32,33)(H,34,35,36)(H,37,38,39)/t11-,12+,13+,14-,15-,16-,17-,18+,19-,20-,22+,23+/m1/s1. The summed E-state index contributed by atoms with van der Waals surface area (Å²) < 4.78 is 93.8. The zero-order valence-corrected chi connectivity index (χ0v) is 26.9. The fourth-order valence-electron chi connectivity index (χ4n) is 5.71. The Hall–Kier alpha value is -2.17. The van der Waals surface area contributed by atoms with Gasteiger partial charge in [0.25, 0.3) is 0 Å². The molecular weight excluding hydrogens is 686 g/mol. The summed E-state index contributed by atoms with van der Waals surface area (Å²) in [5, 5.41) is 47.2. The average Bonchev–Trinajstić information content (AvgIpc) is 3.34. The molecule has 12 atom stereocenters. The number of hydrogen-bond donors (Lipinski definition) is 8. The Kier molecular flexibility index (Phi) is 13.4. The summed E-state index contributed by atoms with van der Waals surface area (Å²) in [6.07, 6.45) is -12.3. The van der Waals surface area contributed by atoms with Gasteiger partial charge in [-0.1, -0.05) is 0 Å². The summed E-state index contributed by atoms with van der Waals surface area (Å²) in [6, 6.07) is -2.66. The number of aliphatic carboxylic acids is 1. The molecule has 3 aliphatic rings. The number of amides is 2. The lowest BCUT2D eigenvalue weighted by molar-refractivity contribution is -0.282.